The highest BCUT2D eigenvalue weighted by molar-refractivity contribution is 5.74. The Bertz CT molecular complexity index is 289. The first-order valence-corrected chi connectivity index (χ1v) is 8.31. The molecule has 3 N–H and O–H groups in total. The summed E-state index contributed by atoms with van der Waals surface area (Å²) >= 11 is 0. The summed E-state index contributed by atoms with van der Waals surface area (Å²) in [6.07, 6.45) is 5.12. The molecule has 0 aromatic rings. The van der Waals surface area contributed by atoms with Crippen LogP contribution >= 0.6 is 0 Å². The van der Waals surface area contributed by atoms with Gasteiger partial charge in [0.25, 0.3) is 0 Å². The van der Waals surface area contributed by atoms with E-state index in [4.69, 9.17) is 4.74 Å². The molecule has 5 heteroatoms. The minimum atomic E-state index is -0.648. The summed E-state index contributed by atoms with van der Waals surface area (Å²) in [5.74, 6) is 1.28. The monoisotopic (exact) mass is 300 g/mol. The first-order valence-electron chi connectivity index (χ1n) is 8.31. The molecule has 1 unspecified atom stereocenters. The van der Waals surface area contributed by atoms with Gasteiger partial charge >= 0.3 is 6.03 Å². The second-order valence-electron chi connectivity index (χ2n) is 6.57. The molecule has 0 aliphatic heterocycles. The number of rotatable bonds is 8. The second kappa shape index (κ2) is 10.0. The third kappa shape index (κ3) is 8.27. The van der Waals surface area contributed by atoms with Crippen molar-refractivity contribution in [3.05, 3.63) is 0 Å². The van der Waals surface area contributed by atoms with Crippen molar-refractivity contribution in [2.75, 3.05) is 19.8 Å². The van der Waals surface area contributed by atoms with Crippen LogP contribution in [0.2, 0.25) is 0 Å². The number of ether oxygens (including phenoxy) is 1. The predicted molar refractivity (Wildman–Crippen MR) is 84.2 cm³/mol. The lowest BCUT2D eigenvalue weighted by Gasteiger charge is -2.28. The van der Waals surface area contributed by atoms with E-state index in [1.54, 1.807) is 0 Å². The average Bonchev–Trinajstić information content (AvgIpc) is 2.45. The number of amides is 2. The molecule has 124 valence electrons. The van der Waals surface area contributed by atoms with Gasteiger partial charge in [0.2, 0.25) is 0 Å². The molecule has 1 aliphatic rings. The Labute approximate surface area is 128 Å². The zero-order valence-corrected chi connectivity index (χ0v) is 13.7. The fraction of sp³-hybridized carbons (Fsp3) is 0.938. The van der Waals surface area contributed by atoms with Gasteiger partial charge in [0.15, 0.2) is 0 Å². The molecule has 0 heterocycles. The van der Waals surface area contributed by atoms with Gasteiger partial charge in [-0.25, -0.2) is 4.79 Å². The maximum atomic E-state index is 11.8. The van der Waals surface area contributed by atoms with Gasteiger partial charge in [0.05, 0.1) is 12.7 Å². The Morgan fingerprint density at radius 2 is 1.90 bits per heavy atom. The summed E-state index contributed by atoms with van der Waals surface area (Å²) in [7, 11) is 0. The second-order valence-corrected chi connectivity index (χ2v) is 6.57. The molecule has 0 saturated heterocycles. The van der Waals surface area contributed by atoms with E-state index in [2.05, 4.69) is 31.4 Å². The van der Waals surface area contributed by atoms with E-state index in [1.165, 1.54) is 19.3 Å². The van der Waals surface area contributed by atoms with E-state index < -0.39 is 6.10 Å². The van der Waals surface area contributed by atoms with Crippen LogP contribution in [0.25, 0.3) is 0 Å². The normalized spacial score (nSPS) is 23.9. The smallest absolute Gasteiger partial charge is 0.315 e. The van der Waals surface area contributed by atoms with Crippen molar-refractivity contribution in [1.82, 2.24) is 10.6 Å². The molecule has 0 spiro atoms. The Balaban J connectivity index is 2.08. The van der Waals surface area contributed by atoms with Crippen LogP contribution in [-0.4, -0.2) is 43.0 Å². The highest BCUT2D eigenvalue weighted by Crippen LogP contribution is 2.26. The molecule has 0 aromatic heterocycles. The summed E-state index contributed by atoms with van der Waals surface area (Å²) in [5, 5.41) is 15.4. The molecule has 21 heavy (non-hydrogen) atoms. The molecule has 1 saturated carbocycles. The van der Waals surface area contributed by atoms with Crippen LogP contribution in [0.4, 0.5) is 4.79 Å². The minimum absolute atomic E-state index is 0.183. The Hall–Kier alpha value is -0.810. The fourth-order valence-corrected chi connectivity index (χ4v) is 2.66. The molecular weight excluding hydrogens is 268 g/mol. The summed E-state index contributed by atoms with van der Waals surface area (Å²) in [4.78, 5) is 11.8. The molecule has 0 bridgehead atoms. The Morgan fingerprint density at radius 1 is 1.24 bits per heavy atom. The topological polar surface area (TPSA) is 70.6 Å². The van der Waals surface area contributed by atoms with E-state index in [0.717, 1.165) is 18.8 Å². The van der Waals surface area contributed by atoms with Crippen molar-refractivity contribution in [2.45, 2.75) is 65.0 Å². The number of aliphatic hydroxyl groups excluding tert-OH is 1. The summed E-state index contributed by atoms with van der Waals surface area (Å²) in [6, 6.07) is 0.0972. The van der Waals surface area contributed by atoms with Crippen LogP contribution < -0.4 is 10.6 Å². The van der Waals surface area contributed by atoms with Crippen molar-refractivity contribution in [3.8, 4) is 0 Å². The number of hydrogen-bond acceptors (Lipinski definition) is 3. The van der Waals surface area contributed by atoms with Crippen LogP contribution in [0.5, 0.6) is 0 Å². The van der Waals surface area contributed by atoms with Gasteiger partial charge in [-0.1, -0.05) is 27.2 Å². The number of urea groups is 1. The van der Waals surface area contributed by atoms with Crippen molar-refractivity contribution in [3.63, 3.8) is 0 Å². The van der Waals surface area contributed by atoms with Gasteiger partial charge in [-0.3, -0.25) is 0 Å². The van der Waals surface area contributed by atoms with E-state index in [-0.39, 0.29) is 25.2 Å². The zero-order valence-electron chi connectivity index (χ0n) is 13.7. The molecule has 0 aromatic carbocycles. The van der Waals surface area contributed by atoms with Crippen molar-refractivity contribution >= 4 is 6.03 Å². The van der Waals surface area contributed by atoms with Gasteiger partial charge in [-0.15, -0.1) is 0 Å². The number of nitrogens with one attached hydrogen (secondary N) is 2. The van der Waals surface area contributed by atoms with E-state index in [0.29, 0.717) is 12.5 Å². The van der Waals surface area contributed by atoms with Crippen LogP contribution in [0.3, 0.4) is 0 Å². The number of aliphatic hydroxyl groups is 1. The van der Waals surface area contributed by atoms with Crippen molar-refractivity contribution in [1.29, 1.82) is 0 Å². The van der Waals surface area contributed by atoms with Crippen LogP contribution in [-0.2, 0) is 4.74 Å². The van der Waals surface area contributed by atoms with Gasteiger partial charge in [0.1, 0.15) is 0 Å². The molecule has 1 atom stereocenters. The third-order valence-corrected chi connectivity index (χ3v) is 4.02. The fourth-order valence-electron chi connectivity index (χ4n) is 2.66. The Kier molecular flexibility index (Phi) is 8.69. The molecule has 1 aliphatic carbocycles. The molecule has 0 radical (unpaired) electrons. The summed E-state index contributed by atoms with van der Waals surface area (Å²) in [5.41, 5.74) is 0. The van der Waals surface area contributed by atoms with Crippen molar-refractivity contribution < 1.29 is 14.6 Å². The van der Waals surface area contributed by atoms with Gasteiger partial charge in [0, 0.05) is 19.2 Å². The highest BCUT2D eigenvalue weighted by Gasteiger charge is 2.21. The van der Waals surface area contributed by atoms with Gasteiger partial charge in [-0.05, 0) is 37.5 Å². The zero-order chi connectivity index (χ0) is 15.7. The molecule has 1 rings (SSSR count). The summed E-state index contributed by atoms with van der Waals surface area (Å²) < 4.78 is 5.34. The predicted octanol–water partition coefficient (Wildman–Crippen LogP) is 2.29. The van der Waals surface area contributed by atoms with E-state index in [1.807, 2.05) is 0 Å². The molecule has 5 nitrogen and oxygen atoms in total. The molecular formula is C16H32N2O3. The standard InChI is InChI=1S/C16H32N2O3/c1-4-13-5-7-14(8-6-13)18-16(20)17-9-15(19)11-21-10-12(2)3/h12-15,19H,4-11H2,1-3H3,(H2,17,18,20). The maximum absolute atomic E-state index is 11.8. The first kappa shape index (κ1) is 18.2. The highest BCUT2D eigenvalue weighted by atomic mass is 16.5. The summed E-state index contributed by atoms with van der Waals surface area (Å²) in [6.45, 7) is 7.47. The van der Waals surface area contributed by atoms with E-state index >= 15 is 0 Å². The average molecular weight is 300 g/mol. The minimum Gasteiger partial charge on any atom is -0.389 e. The lowest BCUT2D eigenvalue weighted by Crippen LogP contribution is -2.46. The largest absolute Gasteiger partial charge is 0.389 e. The number of hydrogen-bond donors (Lipinski definition) is 3. The lowest BCUT2D eigenvalue weighted by atomic mass is 9.85. The van der Waals surface area contributed by atoms with Crippen molar-refractivity contribution in [2.24, 2.45) is 11.8 Å². The maximum Gasteiger partial charge on any atom is 0.315 e. The first-order chi connectivity index (χ1) is 10.0. The van der Waals surface area contributed by atoms with Gasteiger partial charge in [-0.2, -0.15) is 0 Å². The molecule has 2 amide bonds. The Morgan fingerprint density at radius 3 is 2.48 bits per heavy atom. The van der Waals surface area contributed by atoms with Crippen LogP contribution in [0, 0.1) is 11.8 Å². The van der Waals surface area contributed by atoms with Gasteiger partial charge < -0.3 is 20.5 Å². The lowest BCUT2D eigenvalue weighted by molar-refractivity contribution is 0.0272. The number of carbonyl (C=O) groups excluding carboxylic acids is 1. The SMILES string of the molecule is CCC1CCC(NC(=O)NCC(O)COCC(C)C)CC1. The molecule has 1 fully saturated rings. The van der Waals surface area contributed by atoms with E-state index in [9.17, 15) is 9.90 Å². The number of carbonyl (C=O) groups is 1. The quantitative estimate of drug-likeness (QED) is 0.644. The third-order valence-electron chi connectivity index (χ3n) is 4.02. The van der Waals surface area contributed by atoms with Crippen LogP contribution in [0.1, 0.15) is 52.9 Å². The van der Waals surface area contributed by atoms with Crippen LogP contribution in [0.15, 0.2) is 0 Å².